The van der Waals surface area contributed by atoms with E-state index in [9.17, 15) is 4.79 Å². The van der Waals surface area contributed by atoms with Gasteiger partial charge in [0.1, 0.15) is 0 Å². The van der Waals surface area contributed by atoms with Gasteiger partial charge < -0.3 is 4.74 Å². The number of hydrogen-bond acceptors (Lipinski definition) is 2. The van der Waals surface area contributed by atoms with Gasteiger partial charge in [0.25, 0.3) is 0 Å². The molecule has 0 aliphatic heterocycles. The van der Waals surface area contributed by atoms with Crippen LogP contribution in [-0.2, 0) is 11.2 Å². The average Bonchev–Trinajstić information content (AvgIpc) is 2.39. The van der Waals surface area contributed by atoms with Crippen molar-refractivity contribution in [2.24, 2.45) is 0 Å². The van der Waals surface area contributed by atoms with Gasteiger partial charge in [0, 0.05) is 5.02 Å². The summed E-state index contributed by atoms with van der Waals surface area (Å²) in [4.78, 5) is 11.3. The Kier molecular flexibility index (Phi) is 4.00. The molecule has 3 heteroatoms. The molecule has 2 aromatic rings. The fourth-order valence-corrected chi connectivity index (χ4v) is 1.97. The quantitative estimate of drug-likeness (QED) is 0.787. The number of hydrogen-bond donors (Lipinski definition) is 0. The standard InChI is InChI=1S/C15H13ClO2/c1-18-15(17)13-7-5-11(6-8-13)9-12-3-2-4-14(16)10-12/h2-8,10H,9H2,1H3. The van der Waals surface area contributed by atoms with E-state index in [1.54, 1.807) is 12.1 Å². The Hall–Kier alpha value is -1.80. The van der Waals surface area contributed by atoms with Crippen LogP contribution in [-0.4, -0.2) is 13.1 Å². The first kappa shape index (κ1) is 12.7. The van der Waals surface area contributed by atoms with E-state index in [1.807, 2.05) is 36.4 Å². The summed E-state index contributed by atoms with van der Waals surface area (Å²) < 4.78 is 4.65. The maximum Gasteiger partial charge on any atom is 0.337 e. The van der Waals surface area contributed by atoms with E-state index in [1.165, 1.54) is 7.11 Å². The number of methoxy groups -OCH3 is 1. The van der Waals surface area contributed by atoms with Gasteiger partial charge in [-0.2, -0.15) is 0 Å². The monoisotopic (exact) mass is 260 g/mol. The Morgan fingerprint density at radius 1 is 1.11 bits per heavy atom. The van der Waals surface area contributed by atoms with Gasteiger partial charge in [0.05, 0.1) is 12.7 Å². The predicted octanol–water partition coefficient (Wildman–Crippen LogP) is 3.72. The first-order chi connectivity index (χ1) is 8.69. The van der Waals surface area contributed by atoms with Gasteiger partial charge in [-0.05, 0) is 41.8 Å². The Morgan fingerprint density at radius 2 is 1.83 bits per heavy atom. The second-order valence-corrected chi connectivity index (χ2v) is 4.43. The fourth-order valence-electron chi connectivity index (χ4n) is 1.76. The number of carbonyl (C=O) groups is 1. The van der Waals surface area contributed by atoms with Crippen molar-refractivity contribution in [1.82, 2.24) is 0 Å². The Morgan fingerprint density at radius 3 is 2.44 bits per heavy atom. The lowest BCUT2D eigenvalue weighted by Crippen LogP contribution is -2.00. The predicted molar refractivity (Wildman–Crippen MR) is 72.0 cm³/mol. The van der Waals surface area contributed by atoms with Crippen molar-refractivity contribution < 1.29 is 9.53 Å². The minimum absolute atomic E-state index is 0.315. The summed E-state index contributed by atoms with van der Waals surface area (Å²) in [6, 6.07) is 15.1. The Labute approximate surface area is 111 Å². The van der Waals surface area contributed by atoms with Gasteiger partial charge >= 0.3 is 5.97 Å². The third kappa shape index (κ3) is 3.11. The fraction of sp³-hybridized carbons (Fsp3) is 0.133. The van der Waals surface area contributed by atoms with Gasteiger partial charge in [-0.1, -0.05) is 35.9 Å². The smallest absolute Gasteiger partial charge is 0.337 e. The molecule has 0 heterocycles. The lowest BCUT2D eigenvalue weighted by molar-refractivity contribution is 0.0600. The molecule has 0 aliphatic rings. The second-order valence-electron chi connectivity index (χ2n) is 4.00. The molecule has 2 rings (SSSR count). The topological polar surface area (TPSA) is 26.3 Å². The number of esters is 1. The van der Waals surface area contributed by atoms with Gasteiger partial charge in [-0.25, -0.2) is 4.79 Å². The van der Waals surface area contributed by atoms with Crippen LogP contribution in [0, 0.1) is 0 Å². The molecule has 2 nitrogen and oxygen atoms in total. The minimum Gasteiger partial charge on any atom is -0.465 e. The van der Waals surface area contributed by atoms with E-state index in [4.69, 9.17) is 11.6 Å². The molecule has 0 saturated carbocycles. The van der Waals surface area contributed by atoms with E-state index < -0.39 is 0 Å². The number of rotatable bonds is 3. The normalized spacial score (nSPS) is 10.1. The lowest BCUT2D eigenvalue weighted by Gasteiger charge is -2.04. The van der Waals surface area contributed by atoms with Crippen LogP contribution in [0.1, 0.15) is 21.5 Å². The summed E-state index contributed by atoms with van der Waals surface area (Å²) in [5.41, 5.74) is 2.84. The van der Waals surface area contributed by atoms with Crippen LogP contribution in [0.3, 0.4) is 0 Å². The van der Waals surface area contributed by atoms with Crippen LogP contribution in [0.15, 0.2) is 48.5 Å². The highest BCUT2D eigenvalue weighted by Gasteiger charge is 2.04. The second kappa shape index (κ2) is 5.69. The average molecular weight is 261 g/mol. The van der Waals surface area contributed by atoms with E-state index >= 15 is 0 Å². The lowest BCUT2D eigenvalue weighted by atomic mass is 10.0. The first-order valence-corrected chi connectivity index (χ1v) is 5.98. The van der Waals surface area contributed by atoms with E-state index in [2.05, 4.69) is 4.74 Å². The zero-order valence-corrected chi connectivity index (χ0v) is 10.8. The number of carbonyl (C=O) groups excluding carboxylic acids is 1. The van der Waals surface area contributed by atoms with Crippen molar-refractivity contribution >= 4 is 17.6 Å². The Balaban J connectivity index is 2.13. The zero-order valence-electron chi connectivity index (χ0n) is 10.0. The van der Waals surface area contributed by atoms with Crippen LogP contribution in [0.2, 0.25) is 5.02 Å². The highest BCUT2D eigenvalue weighted by Crippen LogP contribution is 2.15. The maximum atomic E-state index is 11.3. The first-order valence-electron chi connectivity index (χ1n) is 5.61. The molecule has 0 N–H and O–H groups in total. The van der Waals surface area contributed by atoms with Gasteiger partial charge in [0.2, 0.25) is 0 Å². The molecule has 0 atom stereocenters. The maximum absolute atomic E-state index is 11.3. The van der Waals surface area contributed by atoms with Gasteiger partial charge in [-0.3, -0.25) is 0 Å². The highest BCUT2D eigenvalue weighted by molar-refractivity contribution is 6.30. The zero-order chi connectivity index (χ0) is 13.0. The number of benzene rings is 2. The third-order valence-electron chi connectivity index (χ3n) is 2.67. The van der Waals surface area contributed by atoms with Crippen molar-refractivity contribution in [3.63, 3.8) is 0 Å². The summed E-state index contributed by atoms with van der Waals surface area (Å²) >= 11 is 5.94. The Bertz CT molecular complexity index is 547. The SMILES string of the molecule is COC(=O)c1ccc(Cc2cccc(Cl)c2)cc1. The minimum atomic E-state index is -0.315. The van der Waals surface area contributed by atoms with E-state index in [0.29, 0.717) is 5.56 Å². The molecule has 2 aromatic carbocycles. The van der Waals surface area contributed by atoms with E-state index in [-0.39, 0.29) is 5.97 Å². The van der Waals surface area contributed by atoms with Crippen LogP contribution in [0.4, 0.5) is 0 Å². The van der Waals surface area contributed by atoms with Crippen LogP contribution in [0.25, 0.3) is 0 Å². The van der Waals surface area contributed by atoms with Crippen LogP contribution < -0.4 is 0 Å². The molecule has 0 saturated heterocycles. The summed E-state index contributed by atoms with van der Waals surface area (Å²) in [6.45, 7) is 0. The molecule has 0 unspecified atom stereocenters. The molecule has 0 radical (unpaired) electrons. The molecule has 0 fully saturated rings. The van der Waals surface area contributed by atoms with Crippen molar-refractivity contribution in [2.45, 2.75) is 6.42 Å². The molecule has 0 aromatic heterocycles. The summed E-state index contributed by atoms with van der Waals surface area (Å²) in [7, 11) is 1.38. The summed E-state index contributed by atoms with van der Waals surface area (Å²) in [5.74, 6) is -0.315. The molecular formula is C15H13ClO2. The molecule has 18 heavy (non-hydrogen) atoms. The van der Waals surface area contributed by atoms with Crippen LogP contribution >= 0.6 is 11.6 Å². The van der Waals surface area contributed by atoms with Crippen molar-refractivity contribution in [3.05, 3.63) is 70.2 Å². The third-order valence-corrected chi connectivity index (χ3v) is 2.91. The molecule has 0 bridgehead atoms. The summed E-state index contributed by atoms with van der Waals surface area (Å²) in [6.07, 6.45) is 0.794. The number of ether oxygens (including phenoxy) is 1. The molecule has 0 aliphatic carbocycles. The summed E-state index contributed by atoms with van der Waals surface area (Å²) in [5, 5.41) is 0.735. The van der Waals surface area contributed by atoms with Crippen molar-refractivity contribution in [2.75, 3.05) is 7.11 Å². The molecular weight excluding hydrogens is 248 g/mol. The molecule has 0 spiro atoms. The van der Waals surface area contributed by atoms with Crippen molar-refractivity contribution in [1.29, 1.82) is 0 Å². The van der Waals surface area contributed by atoms with Crippen LogP contribution in [0.5, 0.6) is 0 Å². The highest BCUT2D eigenvalue weighted by atomic mass is 35.5. The van der Waals surface area contributed by atoms with Gasteiger partial charge in [0.15, 0.2) is 0 Å². The van der Waals surface area contributed by atoms with E-state index in [0.717, 1.165) is 22.6 Å². The molecule has 92 valence electrons. The molecule has 0 amide bonds. The van der Waals surface area contributed by atoms with Crippen molar-refractivity contribution in [3.8, 4) is 0 Å². The number of halogens is 1. The largest absolute Gasteiger partial charge is 0.465 e. The van der Waals surface area contributed by atoms with Gasteiger partial charge in [-0.15, -0.1) is 0 Å².